The Hall–Kier alpha value is -0.380. The summed E-state index contributed by atoms with van der Waals surface area (Å²) in [4.78, 5) is 1.42. The van der Waals surface area contributed by atoms with Crippen LogP contribution in [0.15, 0.2) is 17.5 Å². The van der Waals surface area contributed by atoms with Crippen LogP contribution in [0.5, 0.6) is 0 Å². The van der Waals surface area contributed by atoms with Crippen molar-refractivity contribution < 1.29 is 4.74 Å². The van der Waals surface area contributed by atoms with Crippen LogP contribution in [0.25, 0.3) is 0 Å². The fraction of sp³-hybridized carbons (Fsp3) is 0.692. The van der Waals surface area contributed by atoms with Gasteiger partial charge in [-0.25, -0.2) is 0 Å². The van der Waals surface area contributed by atoms with Crippen molar-refractivity contribution in [2.75, 3.05) is 6.61 Å². The Morgan fingerprint density at radius 2 is 2.44 bits per heavy atom. The summed E-state index contributed by atoms with van der Waals surface area (Å²) in [5.74, 6) is 0.631. The fourth-order valence-corrected chi connectivity index (χ4v) is 2.79. The predicted molar refractivity (Wildman–Crippen MR) is 68.8 cm³/mol. The third-order valence-corrected chi connectivity index (χ3v) is 4.08. The summed E-state index contributed by atoms with van der Waals surface area (Å²) in [5.41, 5.74) is 0. The van der Waals surface area contributed by atoms with Crippen molar-refractivity contribution in [1.82, 2.24) is 5.32 Å². The number of thiophene rings is 1. The number of ether oxygens (including phenoxy) is 1. The maximum absolute atomic E-state index is 5.77. The molecule has 90 valence electrons. The summed E-state index contributed by atoms with van der Waals surface area (Å²) in [7, 11) is 0. The second-order valence-corrected chi connectivity index (χ2v) is 5.87. The first kappa shape index (κ1) is 12.1. The quantitative estimate of drug-likeness (QED) is 0.872. The van der Waals surface area contributed by atoms with Gasteiger partial charge in [0.15, 0.2) is 0 Å². The minimum absolute atomic E-state index is 0.439. The second-order valence-electron chi connectivity index (χ2n) is 4.83. The molecule has 0 aromatic carbocycles. The number of hydrogen-bond donors (Lipinski definition) is 1. The molecule has 2 atom stereocenters. The van der Waals surface area contributed by atoms with Crippen LogP contribution in [0.1, 0.15) is 31.6 Å². The zero-order valence-electron chi connectivity index (χ0n) is 10.1. The Labute approximate surface area is 102 Å². The normalized spacial score (nSPS) is 26.2. The second kappa shape index (κ2) is 5.80. The number of nitrogens with one attached hydrogen (secondary N) is 1. The van der Waals surface area contributed by atoms with Crippen molar-refractivity contribution in [3.8, 4) is 0 Å². The summed E-state index contributed by atoms with van der Waals surface area (Å²) >= 11 is 1.82. The first-order valence-electron chi connectivity index (χ1n) is 6.13. The highest BCUT2D eigenvalue weighted by atomic mass is 32.1. The van der Waals surface area contributed by atoms with Crippen LogP contribution in [0, 0.1) is 5.92 Å². The molecule has 2 nitrogen and oxygen atoms in total. The summed E-state index contributed by atoms with van der Waals surface area (Å²) in [6.07, 6.45) is 2.74. The van der Waals surface area contributed by atoms with Gasteiger partial charge in [-0.3, -0.25) is 0 Å². The fourth-order valence-electron chi connectivity index (χ4n) is 2.14. The average molecular weight is 239 g/mol. The van der Waals surface area contributed by atoms with E-state index in [1.54, 1.807) is 0 Å². The molecule has 0 amide bonds. The first-order valence-corrected chi connectivity index (χ1v) is 7.01. The molecule has 16 heavy (non-hydrogen) atoms. The predicted octanol–water partition coefficient (Wildman–Crippen LogP) is 3.04. The Bertz CT molecular complexity index is 297. The molecule has 0 spiro atoms. The Morgan fingerprint density at radius 3 is 3.12 bits per heavy atom. The van der Waals surface area contributed by atoms with Gasteiger partial charge in [0.05, 0.1) is 6.10 Å². The van der Waals surface area contributed by atoms with Gasteiger partial charge in [0.2, 0.25) is 0 Å². The van der Waals surface area contributed by atoms with Crippen molar-refractivity contribution in [2.45, 2.75) is 45.4 Å². The third kappa shape index (κ3) is 3.30. The van der Waals surface area contributed by atoms with Gasteiger partial charge in [-0.2, -0.15) is 0 Å². The van der Waals surface area contributed by atoms with Crippen molar-refractivity contribution >= 4 is 11.3 Å². The van der Waals surface area contributed by atoms with Gasteiger partial charge < -0.3 is 10.1 Å². The van der Waals surface area contributed by atoms with Crippen molar-refractivity contribution in [3.05, 3.63) is 22.4 Å². The van der Waals surface area contributed by atoms with E-state index in [2.05, 4.69) is 36.7 Å². The highest BCUT2D eigenvalue weighted by Crippen LogP contribution is 2.20. The van der Waals surface area contributed by atoms with E-state index in [4.69, 9.17) is 4.74 Å². The minimum atomic E-state index is 0.439. The lowest BCUT2D eigenvalue weighted by atomic mass is 9.95. The summed E-state index contributed by atoms with van der Waals surface area (Å²) in [6.45, 7) is 6.40. The summed E-state index contributed by atoms with van der Waals surface area (Å²) in [5, 5.41) is 5.78. The summed E-state index contributed by atoms with van der Waals surface area (Å²) < 4.78 is 5.77. The van der Waals surface area contributed by atoms with E-state index in [0.717, 1.165) is 26.0 Å². The SMILES string of the molecule is CC(C)C1CC(NCc2cccs2)CCO1. The topological polar surface area (TPSA) is 21.3 Å². The lowest BCUT2D eigenvalue weighted by molar-refractivity contribution is -0.0245. The molecule has 1 aliphatic rings. The van der Waals surface area contributed by atoms with Crippen molar-refractivity contribution in [2.24, 2.45) is 5.92 Å². The molecule has 0 saturated carbocycles. The zero-order chi connectivity index (χ0) is 11.4. The number of rotatable bonds is 4. The molecule has 1 saturated heterocycles. The van der Waals surface area contributed by atoms with Gasteiger partial charge in [0.25, 0.3) is 0 Å². The molecule has 1 aromatic rings. The van der Waals surface area contributed by atoms with Gasteiger partial charge in [0, 0.05) is 24.1 Å². The molecule has 0 radical (unpaired) electrons. The molecule has 1 aliphatic heterocycles. The third-order valence-electron chi connectivity index (χ3n) is 3.20. The maximum atomic E-state index is 5.77. The first-order chi connectivity index (χ1) is 7.75. The van der Waals surface area contributed by atoms with E-state index in [9.17, 15) is 0 Å². The van der Waals surface area contributed by atoms with E-state index in [1.165, 1.54) is 4.88 Å². The Morgan fingerprint density at radius 1 is 1.56 bits per heavy atom. The van der Waals surface area contributed by atoms with Crippen LogP contribution < -0.4 is 5.32 Å². The smallest absolute Gasteiger partial charge is 0.0612 e. The molecule has 1 fully saturated rings. The monoisotopic (exact) mass is 239 g/mol. The van der Waals surface area contributed by atoms with Crippen LogP contribution in [0.3, 0.4) is 0 Å². The molecule has 2 heterocycles. The van der Waals surface area contributed by atoms with Gasteiger partial charge in [0.1, 0.15) is 0 Å². The largest absolute Gasteiger partial charge is 0.378 e. The molecule has 0 aliphatic carbocycles. The van der Waals surface area contributed by atoms with Crippen molar-refractivity contribution in [1.29, 1.82) is 0 Å². The highest BCUT2D eigenvalue weighted by Gasteiger charge is 2.24. The van der Waals surface area contributed by atoms with E-state index >= 15 is 0 Å². The molecule has 1 aromatic heterocycles. The lowest BCUT2D eigenvalue weighted by Crippen LogP contribution is -2.40. The van der Waals surface area contributed by atoms with E-state index in [1.807, 2.05) is 11.3 Å². The maximum Gasteiger partial charge on any atom is 0.0612 e. The van der Waals surface area contributed by atoms with Crippen LogP contribution in [0.4, 0.5) is 0 Å². The van der Waals surface area contributed by atoms with E-state index in [-0.39, 0.29) is 0 Å². The van der Waals surface area contributed by atoms with Gasteiger partial charge in [-0.1, -0.05) is 19.9 Å². The standard InChI is InChI=1S/C13H21NOS/c1-10(2)13-8-11(5-6-15-13)14-9-12-4-3-7-16-12/h3-4,7,10-11,13-14H,5-6,8-9H2,1-2H3. The molecule has 1 N–H and O–H groups in total. The Kier molecular flexibility index (Phi) is 4.38. The van der Waals surface area contributed by atoms with Gasteiger partial charge >= 0.3 is 0 Å². The van der Waals surface area contributed by atoms with E-state index < -0.39 is 0 Å². The van der Waals surface area contributed by atoms with Crippen molar-refractivity contribution in [3.63, 3.8) is 0 Å². The van der Waals surface area contributed by atoms with Gasteiger partial charge in [-0.05, 0) is 30.2 Å². The van der Waals surface area contributed by atoms with Crippen LogP contribution in [-0.4, -0.2) is 18.8 Å². The van der Waals surface area contributed by atoms with Crippen LogP contribution >= 0.6 is 11.3 Å². The molecule has 2 rings (SSSR count). The highest BCUT2D eigenvalue weighted by molar-refractivity contribution is 7.09. The molecular formula is C13H21NOS. The zero-order valence-corrected chi connectivity index (χ0v) is 10.9. The van der Waals surface area contributed by atoms with Crippen LogP contribution in [0.2, 0.25) is 0 Å². The molecule has 2 unspecified atom stereocenters. The number of hydrogen-bond acceptors (Lipinski definition) is 3. The van der Waals surface area contributed by atoms with Crippen LogP contribution in [-0.2, 0) is 11.3 Å². The lowest BCUT2D eigenvalue weighted by Gasteiger charge is -2.32. The summed E-state index contributed by atoms with van der Waals surface area (Å²) in [6, 6.07) is 4.93. The molecular weight excluding hydrogens is 218 g/mol. The Balaban J connectivity index is 1.77. The average Bonchev–Trinajstić information content (AvgIpc) is 2.79. The van der Waals surface area contributed by atoms with Gasteiger partial charge in [-0.15, -0.1) is 11.3 Å². The molecule has 3 heteroatoms. The molecule has 0 bridgehead atoms. The van der Waals surface area contributed by atoms with E-state index in [0.29, 0.717) is 18.1 Å². The minimum Gasteiger partial charge on any atom is -0.378 e.